The minimum Gasteiger partial charge on any atom is -0.494 e. The molecular weight excluding hydrogens is 277 g/mol. The topological polar surface area (TPSA) is 75.6 Å². The maximum atomic E-state index is 13.3. The number of hydrogen-bond acceptors (Lipinski definition) is 3. The van der Waals surface area contributed by atoms with E-state index in [4.69, 9.17) is 9.84 Å². The predicted octanol–water partition coefficient (Wildman–Crippen LogP) is 2.78. The lowest BCUT2D eigenvalue weighted by Gasteiger charge is -2.08. The van der Waals surface area contributed by atoms with Gasteiger partial charge in [0.1, 0.15) is 0 Å². The van der Waals surface area contributed by atoms with Crippen molar-refractivity contribution in [2.45, 2.75) is 0 Å². The van der Waals surface area contributed by atoms with Crippen molar-refractivity contribution in [1.82, 2.24) is 0 Å². The van der Waals surface area contributed by atoms with Gasteiger partial charge in [-0.2, -0.15) is 0 Å². The standard InChI is InChI=1S/C15H12FNO4/c1-21-13-8-11(6-7-12(13)16)17-14(18)9-2-4-10(5-3-9)15(19)20/h2-8H,1H3,(H,17,18)(H,19,20). The van der Waals surface area contributed by atoms with E-state index >= 15 is 0 Å². The molecule has 108 valence electrons. The molecule has 0 aromatic heterocycles. The molecule has 0 heterocycles. The molecule has 0 aliphatic heterocycles. The van der Waals surface area contributed by atoms with Crippen LogP contribution in [-0.4, -0.2) is 24.1 Å². The number of anilines is 1. The summed E-state index contributed by atoms with van der Waals surface area (Å²) in [5, 5.41) is 11.4. The number of aromatic carboxylic acids is 1. The number of ether oxygens (including phenoxy) is 1. The molecule has 21 heavy (non-hydrogen) atoms. The lowest BCUT2D eigenvalue weighted by atomic mass is 10.1. The van der Waals surface area contributed by atoms with Gasteiger partial charge in [-0.3, -0.25) is 4.79 Å². The number of methoxy groups -OCH3 is 1. The first-order valence-electron chi connectivity index (χ1n) is 5.99. The molecule has 0 radical (unpaired) electrons. The van der Waals surface area contributed by atoms with Gasteiger partial charge in [0.05, 0.1) is 12.7 Å². The Balaban J connectivity index is 2.15. The quantitative estimate of drug-likeness (QED) is 0.907. The molecule has 0 unspecified atom stereocenters. The van der Waals surface area contributed by atoms with E-state index in [1.165, 1.54) is 49.6 Å². The van der Waals surface area contributed by atoms with Crippen LogP contribution in [0.4, 0.5) is 10.1 Å². The summed E-state index contributed by atoms with van der Waals surface area (Å²) in [7, 11) is 1.33. The molecule has 2 N–H and O–H groups in total. The summed E-state index contributed by atoms with van der Waals surface area (Å²) in [6.07, 6.45) is 0. The highest BCUT2D eigenvalue weighted by atomic mass is 19.1. The van der Waals surface area contributed by atoms with Gasteiger partial charge in [-0.05, 0) is 36.4 Å². The van der Waals surface area contributed by atoms with Crippen LogP contribution in [0.3, 0.4) is 0 Å². The van der Waals surface area contributed by atoms with Crippen molar-refractivity contribution in [3.8, 4) is 5.75 Å². The van der Waals surface area contributed by atoms with E-state index in [1.54, 1.807) is 0 Å². The molecule has 0 atom stereocenters. The Labute approximate surface area is 120 Å². The highest BCUT2D eigenvalue weighted by Gasteiger charge is 2.10. The first-order valence-corrected chi connectivity index (χ1v) is 5.99. The van der Waals surface area contributed by atoms with Gasteiger partial charge < -0.3 is 15.2 Å². The normalized spacial score (nSPS) is 10.0. The number of halogens is 1. The molecule has 0 spiro atoms. The summed E-state index contributed by atoms with van der Waals surface area (Å²) in [5.41, 5.74) is 0.763. The van der Waals surface area contributed by atoms with Crippen LogP contribution >= 0.6 is 0 Å². The largest absolute Gasteiger partial charge is 0.494 e. The van der Waals surface area contributed by atoms with Crippen LogP contribution in [0.2, 0.25) is 0 Å². The number of nitrogens with one attached hydrogen (secondary N) is 1. The zero-order valence-corrected chi connectivity index (χ0v) is 11.1. The molecule has 1 amide bonds. The van der Waals surface area contributed by atoms with Crippen LogP contribution < -0.4 is 10.1 Å². The van der Waals surface area contributed by atoms with Crippen molar-refractivity contribution in [1.29, 1.82) is 0 Å². The maximum absolute atomic E-state index is 13.3. The van der Waals surface area contributed by atoms with E-state index in [0.29, 0.717) is 11.3 Å². The van der Waals surface area contributed by atoms with Crippen LogP contribution in [0.1, 0.15) is 20.7 Å². The van der Waals surface area contributed by atoms with Gasteiger partial charge in [0.2, 0.25) is 0 Å². The van der Waals surface area contributed by atoms with Crippen LogP contribution in [0.25, 0.3) is 0 Å². The van der Waals surface area contributed by atoms with Crippen LogP contribution in [0.15, 0.2) is 42.5 Å². The monoisotopic (exact) mass is 289 g/mol. The fourth-order valence-corrected chi connectivity index (χ4v) is 1.70. The molecule has 0 saturated carbocycles. The van der Waals surface area contributed by atoms with E-state index in [1.807, 2.05) is 0 Å². The summed E-state index contributed by atoms with van der Waals surface area (Å²) in [6, 6.07) is 9.42. The summed E-state index contributed by atoms with van der Waals surface area (Å²) >= 11 is 0. The van der Waals surface area contributed by atoms with E-state index in [9.17, 15) is 14.0 Å². The minimum absolute atomic E-state index is 0.0222. The second-order valence-electron chi connectivity index (χ2n) is 4.19. The third-order valence-electron chi connectivity index (χ3n) is 2.80. The molecule has 0 aliphatic carbocycles. The first-order chi connectivity index (χ1) is 10.0. The highest BCUT2D eigenvalue weighted by Crippen LogP contribution is 2.21. The molecule has 0 aliphatic rings. The third-order valence-corrected chi connectivity index (χ3v) is 2.80. The number of benzene rings is 2. The lowest BCUT2D eigenvalue weighted by Crippen LogP contribution is -2.12. The summed E-state index contributed by atoms with van der Waals surface area (Å²) in [6.45, 7) is 0. The van der Waals surface area contributed by atoms with E-state index < -0.39 is 17.7 Å². The van der Waals surface area contributed by atoms with E-state index in [2.05, 4.69) is 5.32 Å². The summed E-state index contributed by atoms with van der Waals surface area (Å²) in [5.74, 6) is -2.00. The Hall–Kier alpha value is -2.89. The highest BCUT2D eigenvalue weighted by molar-refractivity contribution is 6.04. The van der Waals surface area contributed by atoms with Gasteiger partial charge in [-0.15, -0.1) is 0 Å². The van der Waals surface area contributed by atoms with Crippen molar-refractivity contribution in [2.24, 2.45) is 0 Å². The van der Waals surface area contributed by atoms with Crippen LogP contribution in [0.5, 0.6) is 5.75 Å². The molecule has 2 rings (SSSR count). The predicted molar refractivity (Wildman–Crippen MR) is 74.3 cm³/mol. The number of amides is 1. The van der Waals surface area contributed by atoms with Gasteiger partial charge in [-0.25, -0.2) is 9.18 Å². The average molecular weight is 289 g/mol. The number of carboxylic acid groups (broad SMARTS) is 1. The van der Waals surface area contributed by atoms with Gasteiger partial charge in [0.15, 0.2) is 11.6 Å². The number of carbonyl (C=O) groups is 2. The Morgan fingerprint density at radius 1 is 1.10 bits per heavy atom. The number of rotatable bonds is 4. The molecule has 0 saturated heterocycles. The zero-order valence-electron chi connectivity index (χ0n) is 11.1. The smallest absolute Gasteiger partial charge is 0.335 e. The van der Waals surface area contributed by atoms with Crippen molar-refractivity contribution >= 4 is 17.6 Å². The average Bonchev–Trinajstić information content (AvgIpc) is 2.49. The second-order valence-corrected chi connectivity index (χ2v) is 4.19. The second kappa shape index (κ2) is 6.04. The minimum atomic E-state index is -1.06. The Morgan fingerprint density at radius 3 is 2.29 bits per heavy atom. The molecule has 5 nitrogen and oxygen atoms in total. The molecule has 2 aromatic rings. The SMILES string of the molecule is COc1cc(NC(=O)c2ccc(C(=O)O)cc2)ccc1F. The van der Waals surface area contributed by atoms with Crippen LogP contribution in [-0.2, 0) is 0 Å². The summed E-state index contributed by atoms with van der Waals surface area (Å²) < 4.78 is 18.1. The van der Waals surface area contributed by atoms with Gasteiger partial charge >= 0.3 is 5.97 Å². The van der Waals surface area contributed by atoms with Gasteiger partial charge in [-0.1, -0.05) is 0 Å². The Morgan fingerprint density at radius 2 is 1.71 bits per heavy atom. The lowest BCUT2D eigenvalue weighted by molar-refractivity contribution is 0.0696. The Kier molecular flexibility index (Phi) is 4.18. The van der Waals surface area contributed by atoms with Crippen molar-refractivity contribution < 1.29 is 23.8 Å². The molecule has 2 aromatic carbocycles. The maximum Gasteiger partial charge on any atom is 0.335 e. The molecular formula is C15H12FNO4. The summed E-state index contributed by atoms with van der Waals surface area (Å²) in [4.78, 5) is 22.7. The number of hydrogen-bond donors (Lipinski definition) is 2. The van der Waals surface area contributed by atoms with E-state index in [-0.39, 0.29) is 11.3 Å². The van der Waals surface area contributed by atoms with E-state index in [0.717, 1.165) is 0 Å². The fraction of sp³-hybridized carbons (Fsp3) is 0.0667. The third kappa shape index (κ3) is 3.36. The van der Waals surface area contributed by atoms with Crippen molar-refractivity contribution in [2.75, 3.05) is 12.4 Å². The number of carboxylic acids is 1. The van der Waals surface area contributed by atoms with Crippen molar-refractivity contribution in [3.63, 3.8) is 0 Å². The number of carbonyl (C=O) groups excluding carboxylic acids is 1. The van der Waals surface area contributed by atoms with Gasteiger partial charge in [0, 0.05) is 17.3 Å². The molecule has 0 fully saturated rings. The zero-order chi connectivity index (χ0) is 15.4. The fourth-order valence-electron chi connectivity index (χ4n) is 1.70. The molecule has 0 bridgehead atoms. The van der Waals surface area contributed by atoms with Gasteiger partial charge in [0.25, 0.3) is 5.91 Å². The van der Waals surface area contributed by atoms with Crippen LogP contribution in [0, 0.1) is 5.82 Å². The first kappa shape index (κ1) is 14.5. The Bertz CT molecular complexity index is 683. The molecule has 6 heteroatoms. The van der Waals surface area contributed by atoms with Crippen molar-refractivity contribution in [3.05, 3.63) is 59.4 Å².